The molecule has 3 nitrogen and oxygen atoms in total. The molecule has 0 N–H and O–H groups in total. The van der Waals surface area contributed by atoms with Gasteiger partial charge >= 0.3 is 0 Å². The summed E-state index contributed by atoms with van der Waals surface area (Å²) in [4.78, 5) is 2.40. The Morgan fingerprint density at radius 1 is 1.14 bits per heavy atom. The van der Waals surface area contributed by atoms with Gasteiger partial charge in [-0.15, -0.1) is 0 Å². The van der Waals surface area contributed by atoms with Crippen LogP contribution in [0.2, 0.25) is 0 Å². The summed E-state index contributed by atoms with van der Waals surface area (Å²) in [6, 6.07) is 0. The van der Waals surface area contributed by atoms with Crippen molar-refractivity contribution in [2.75, 3.05) is 51.4 Å². The molecule has 1 rings (SSSR count). The van der Waals surface area contributed by atoms with Crippen LogP contribution in [0.4, 0.5) is 0 Å². The molecule has 0 spiro atoms. The molecule has 0 aromatic rings. The van der Waals surface area contributed by atoms with Gasteiger partial charge in [0.15, 0.2) is 0 Å². The minimum Gasteiger partial charge on any atom is -0.380 e. The molecule has 0 atom stereocenters. The van der Waals surface area contributed by atoms with E-state index in [2.05, 4.69) is 20.8 Å². The Bertz CT molecular complexity index is 129. The van der Waals surface area contributed by atoms with E-state index >= 15 is 0 Å². The van der Waals surface area contributed by atoms with Gasteiger partial charge in [-0.2, -0.15) is 0 Å². The quantitative estimate of drug-likeness (QED) is 0.515. The van der Waals surface area contributed by atoms with Gasteiger partial charge in [-0.1, -0.05) is 15.9 Å². The number of hydrogen-bond donors (Lipinski definition) is 0. The zero-order valence-corrected chi connectivity index (χ0v) is 10.3. The molecule has 0 saturated carbocycles. The van der Waals surface area contributed by atoms with Gasteiger partial charge in [0.1, 0.15) is 0 Å². The monoisotopic (exact) mass is 265 g/mol. The van der Waals surface area contributed by atoms with Gasteiger partial charge in [0.2, 0.25) is 0 Å². The van der Waals surface area contributed by atoms with Gasteiger partial charge in [-0.05, 0) is 12.8 Å². The maximum atomic E-state index is 5.54. The highest BCUT2D eigenvalue weighted by Crippen LogP contribution is 1.97. The van der Waals surface area contributed by atoms with Gasteiger partial charge in [-0.3, -0.25) is 4.90 Å². The molecule has 0 amide bonds. The second kappa shape index (κ2) is 8.65. The number of halogens is 1. The first kappa shape index (κ1) is 12.4. The number of hydrogen-bond acceptors (Lipinski definition) is 3. The van der Waals surface area contributed by atoms with E-state index in [1.165, 1.54) is 6.42 Å². The highest BCUT2D eigenvalue weighted by molar-refractivity contribution is 9.09. The van der Waals surface area contributed by atoms with Crippen molar-refractivity contribution in [1.82, 2.24) is 4.90 Å². The molecule has 0 unspecified atom stereocenters. The molecule has 1 heterocycles. The van der Waals surface area contributed by atoms with E-state index in [1.54, 1.807) is 0 Å². The summed E-state index contributed by atoms with van der Waals surface area (Å²) in [5, 5.41) is 1.08. The minimum atomic E-state index is 0.863. The fraction of sp³-hybridized carbons (Fsp3) is 1.00. The number of morpholine rings is 1. The number of alkyl halides is 1. The Balaban J connectivity index is 1.82. The van der Waals surface area contributed by atoms with Crippen LogP contribution in [0.5, 0.6) is 0 Å². The average Bonchev–Trinajstić information content (AvgIpc) is 2.25. The highest BCUT2D eigenvalue weighted by atomic mass is 79.9. The smallest absolute Gasteiger partial charge is 0.0594 e. The van der Waals surface area contributed by atoms with Crippen molar-refractivity contribution < 1.29 is 9.47 Å². The van der Waals surface area contributed by atoms with E-state index in [4.69, 9.17) is 9.47 Å². The number of nitrogens with zero attached hydrogens (tertiary/aromatic N) is 1. The van der Waals surface area contributed by atoms with Gasteiger partial charge in [-0.25, -0.2) is 0 Å². The lowest BCUT2D eigenvalue weighted by atomic mass is 10.4. The maximum absolute atomic E-state index is 5.54. The summed E-state index contributed by atoms with van der Waals surface area (Å²) in [6.07, 6.45) is 2.37. The largest absolute Gasteiger partial charge is 0.380 e. The molecular weight excluding hydrogens is 246 g/mol. The van der Waals surface area contributed by atoms with Crippen LogP contribution in [-0.2, 0) is 9.47 Å². The van der Waals surface area contributed by atoms with E-state index in [1.807, 2.05) is 0 Å². The van der Waals surface area contributed by atoms with Crippen molar-refractivity contribution in [3.8, 4) is 0 Å². The molecule has 0 radical (unpaired) electrons. The SMILES string of the molecule is BrCCCCOCCN1CCOCC1. The molecule has 4 heteroatoms. The first-order chi connectivity index (χ1) is 6.93. The van der Waals surface area contributed by atoms with Crippen LogP contribution >= 0.6 is 15.9 Å². The first-order valence-electron chi connectivity index (χ1n) is 5.37. The van der Waals surface area contributed by atoms with E-state index in [0.717, 1.165) is 57.8 Å². The lowest BCUT2D eigenvalue weighted by molar-refractivity contribution is 0.0202. The summed E-state index contributed by atoms with van der Waals surface area (Å²) < 4.78 is 10.8. The minimum absolute atomic E-state index is 0.863. The molecule has 1 aliphatic heterocycles. The zero-order valence-electron chi connectivity index (χ0n) is 8.71. The molecular formula is C10H20BrNO2. The molecule has 0 bridgehead atoms. The Morgan fingerprint density at radius 3 is 2.64 bits per heavy atom. The van der Waals surface area contributed by atoms with Gasteiger partial charge in [0, 0.05) is 31.6 Å². The molecule has 1 aliphatic rings. The van der Waals surface area contributed by atoms with Crippen molar-refractivity contribution in [3.05, 3.63) is 0 Å². The third-order valence-corrected chi connectivity index (χ3v) is 2.89. The van der Waals surface area contributed by atoms with Crippen molar-refractivity contribution >= 4 is 15.9 Å². The topological polar surface area (TPSA) is 21.7 Å². The first-order valence-corrected chi connectivity index (χ1v) is 6.49. The molecule has 0 aromatic carbocycles. The van der Waals surface area contributed by atoms with Crippen LogP contribution in [-0.4, -0.2) is 56.3 Å². The second-order valence-corrected chi connectivity index (χ2v) is 4.26. The average molecular weight is 266 g/mol. The third-order valence-electron chi connectivity index (χ3n) is 2.33. The van der Waals surface area contributed by atoms with Gasteiger partial charge < -0.3 is 9.47 Å². The van der Waals surface area contributed by atoms with Gasteiger partial charge in [0.25, 0.3) is 0 Å². The summed E-state index contributed by atoms with van der Waals surface area (Å²) in [7, 11) is 0. The third kappa shape index (κ3) is 5.96. The van der Waals surface area contributed by atoms with Crippen molar-refractivity contribution in [3.63, 3.8) is 0 Å². The summed E-state index contributed by atoms with van der Waals surface area (Å²) in [6.45, 7) is 6.69. The summed E-state index contributed by atoms with van der Waals surface area (Å²) in [5.41, 5.74) is 0. The normalized spacial score (nSPS) is 18.6. The summed E-state index contributed by atoms with van der Waals surface area (Å²) >= 11 is 3.40. The van der Waals surface area contributed by atoms with Crippen molar-refractivity contribution in [2.45, 2.75) is 12.8 Å². The van der Waals surface area contributed by atoms with E-state index < -0.39 is 0 Å². The number of ether oxygens (including phenoxy) is 2. The van der Waals surface area contributed by atoms with Crippen molar-refractivity contribution in [1.29, 1.82) is 0 Å². The van der Waals surface area contributed by atoms with Crippen LogP contribution in [0.25, 0.3) is 0 Å². The van der Waals surface area contributed by atoms with Gasteiger partial charge in [0.05, 0.1) is 19.8 Å². The number of unbranched alkanes of at least 4 members (excludes halogenated alkanes) is 1. The zero-order chi connectivity index (χ0) is 10.1. The Labute approximate surface area is 94.9 Å². The van der Waals surface area contributed by atoms with E-state index in [0.29, 0.717) is 0 Å². The molecule has 14 heavy (non-hydrogen) atoms. The van der Waals surface area contributed by atoms with Crippen LogP contribution in [0, 0.1) is 0 Å². The predicted octanol–water partition coefficient (Wildman–Crippen LogP) is 1.51. The highest BCUT2D eigenvalue weighted by Gasteiger charge is 2.08. The lowest BCUT2D eigenvalue weighted by Gasteiger charge is -2.26. The fourth-order valence-corrected chi connectivity index (χ4v) is 1.82. The lowest BCUT2D eigenvalue weighted by Crippen LogP contribution is -2.38. The van der Waals surface area contributed by atoms with Crippen LogP contribution < -0.4 is 0 Å². The summed E-state index contributed by atoms with van der Waals surface area (Å²) in [5.74, 6) is 0. The number of rotatable bonds is 7. The molecule has 1 saturated heterocycles. The van der Waals surface area contributed by atoms with Crippen molar-refractivity contribution in [2.24, 2.45) is 0 Å². The molecule has 0 aromatic heterocycles. The van der Waals surface area contributed by atoms with Crippen LogP contribution in [0.15, 0.2) is 0 Å². The standard InChI is InChI=1S/C10H20BrNO2/c11-3-1-2-7-13-8-4-12-5-9-14-10-6-12/h1-10H2. The van der Waals surface area contributed by atoms with E-state index in [9.17, 15) is 0 Å². The Hall–Kier alpha value is 0.360. The Morgan fingerprint density at radius 2 is 1.93 bits per heavy atom. The predicted molar refractivity (Wildman–Crippen MR) is 61.1 cm³/mol. The van der Waals surface area contributed by atoms with Crippen LogP contribution in [0.1, 0.15) is 12.8 Å². The maximum Gasteiger partial charge on any atom is 0.0594 e. The van der Waals surface area contributed by atoms with Crippen LogP contribution in [0.3, 0.4) is 0 Å². The van der Waals surface area contributed by atoms with E-state index in [-0.39, 0.29) is 0 Å². The second-order valence-electron chi connectivity index (χ2n) is 3.46. The Kier molecular flexibility index (Phi) is 7.68. The molecule has 0 aliphatic carbocycles. The molecule has 84 valence electrons. The fourth-order valence-electron chi connectivity index (χ4n) is 1.42. The molecule has 1 fully saturated rings.